The van der Waals surface area contributed by atoms with Crippen molar-refractivity contribution >= 4 is 17.3 Å². The summed E-state index contributed by atoms with van der Waals surface area (Å²) in [6.45, 7) is 2.07. The molecule has 0 bridgehead atoms. The van der Waals surface area contributed by atoms with Crippen molar-refractivity contribution in [1.82, 2.24) is 4.90 Å². The molecule has 0 saturated carbocycles. The molecule has 1 aliphatic heterocycles. The summed E-state index contributed by atoms with van der Waals surface area (Å²) >= 11 is 0. The van der Waals surface area contributed by atoms with Gasteiger partial charge in [-0.25, -0.2) is 0 Å². The fourth-order valence-corrected chi connectivity index (χ4v) is 2.55. The Balaban J connectivity index is 1.92. The van der Waals surface area contributed by atoms with Crippen molar-refractivity contribution in [3.8, 4) is 5.75 Å². The highest BCUT2D eigenvalue weighted by molar-refractivity contribution is 5.94. The Morgan fingerprint density at radius 1 is 1.48 bits per heavy atom. The molecule has 6 heteroatoms. The van der Waals surface area contributed by atoms with Crippen LogP contribution < -0.4 is 15.8 Å². The van der Waals surface area contributed by atoms with E-state index in [1.807, 2.05) is 0 Å². The molecule has 0 aromatic heterocycles. The highest BCUT2D eigenvalue weighted by Crippen LogP contribution is 2.26. The van der Waals surface area contributed by atoms with Crippen LogP contribution in [0.5, 0.6) is 5.75 Å². The van der Waals surface area contributed by atoms with Gasteiger partial charge in [0, 0.05) is 25.4 Å². The van der Waals surface area contributed by atoms with E-state index in [1.54, 1.807) is 32.4 Å². The molecule has 1 heterocycles. The lowest BCUT2D eigenvalue weighted by atomic mass is 10.1. The summed E-state index contributed by atoms with van der Waals surface area (Å²) in [4.78, 5) is 14.3. The summed E-state index contributed by atoms with van der Waals surface area (Å²) in [5, 5.41) is 2.87. The Bertz CT molecular complexity index is 493. The zero-order chi connectivity index (χ0) is 15.2. The Morgan fingerprint density at radius 3 is 3.00 bits per heavy atom. The molecule has 2 rings (SSSR count). The van der Waals surface area contributed by atoms with Crippen molar-refractivity contribution in [3.63, 3.8) is 0 Å². The molecule has 116 valence electrons. The van der Waals surface area contributed by atoms with Crippen LogP contribution in [-0.4, -0.2) is 50.8 Å². The minimum atomic E-state index is -0.0603. The largest absolute Gasteiger partial charge is 0.494 e. The van der Waals surface area contributed by atoms with Crippen molar-refractivity contribution in [2.24, 2.45) is 0 Å². The van der Waals surface area contributed by atoms with Crippen LogP contribution in [0.2, 0.25) is 0 Å². The van der Waals surface area contributed by atoms with Gasteiger partial charge in [0.2, 0.25) is 5.91 Å². The topological polar surface area (TPSA) is 76.8 Å². The maximum Gasteiger partial charge on any atom is 0.238 e. The fourth-order valence-electron chi connectivity index (χ4n) is 2.55. The Hall–Kier alpha value is -1.79. The monoisotopic (exact) mass is 293 g/mol. The lowest BCUT2D eigenvalue weighted by molar-refractivity contribution is -0.118. The molecule has 0 radical (unpaired) electrons. The Kier molecular flexibility index (Phi) is 5.41. The lowest BCUT2D eigenvalue weighted by Gasteiger charge is -2.31. The maximum absolute atomic E-state index is 12.1. The van der Waals surface area contributed by atoms with E-state index in [-0.39, 0.29) is 12.0 Å². The summed E-state index contributed by atoms with van der Waals surface area (Å²) in [5.41, 5.74) is 6.94. The predicted octanol–water partition coefficient (Wildman–Crippen LogP) is 1.33. The second-order valence-electron chi connectivity index (χ2n) is 5.24. The first-order valence-electron chi connectivity index (χ1n) is 7.11. The van der Waals surface area contributed by atoms with Gasteiger partial charge in [0.1, 0.15) is 5.75 Å². The van der Waals surface area contributed by atoms with Gasteiger partial charge < -0.3 is 20.5 Å². The number of likely N-dealkylation sites (tertiary alicyclic amines) is 1. The number of rotatable bonds is 5. The molecule has 1 amide bonds. The third kappa shape index (κ3) is 4.34. The number of nitrogen functional groups attached to an aromatic ring is 1. The molecule has 21 heavy (non-hydrogen) atoms. The number of piperidine rings is 1. The lowest BCUT2D eigenvalue weighted by Crippen LogP contribution is -2.43. The highest BCUT2D eigenvalue weighted by Gasteiger charge is 2.21. The summed E-state index contributed by atoms with van der Waals surface area (Å²) in [6.07, 6.45) is 2.33. The molecular formula is C15H23N3O3. The highest BCUT2D eigenvalue weighted by atomic mass is 16.5. The van der Waals surface area contributed by atoms with Gasteiger partial charge in [-0.1, -0.05) is 0 Å². The number of carbonyl (C=O) groups is 1. The number of hydrogen-bond acceptors (Lipinski definition) is 5. The number of benzene rings is 1. The van der Waals surface area contributed by atoms with E-state index in [2.05, 4.69) is 10.2 Å². The second kappa shape index (κ2) is 7.28. The van der Waals surface area contributed by atoms with Gasteiger partial charge >= 0.3 is 0 Å². The van der Waals surface area contributed by atoms with Crippen LogP contribution in [-0.2, 0) is 9.53 Å². The minimum Gasteiger partial charge on any atom is -0.494 e. The number of anilines is 2. The third-order valence-corrected chi connectivity index (χ3v) is 3.66. The molecule has 3 N–H and O–H groups in total. The minimum absolute atomic E-state index is 0.0603. The number of nitrogens with zero attached hydrogens (tertiary/aromatic N) is 1. The zero-order valence-electron chi connectivity index (χ0n) is 12.6. The maximum atomic E-state index is 12.1. The first-order chi connectivity index (χ1) is 10.1. The number of hydrogen-bond donors (Lipinski definition) is 2. The van der Waals surface area contributed by atoms with Crippen molar-refractivity contribution in [2.45, 2.75) is 18.9 Å². The van der Waals surface area contributed by atoms with Crippen LogP contribution in [0.25, 0.3) is 0 Å². The number of carbonyl (C=O) groups excluding carboxylic acids is 1. The molecule has 1 aliphatic rings. The van der Waals surface area contributed by atoms with E-state index in [0.29, 0.717) is 23.7 Å². The van der Waals surface area contributed by atoms with E-state index in [4.69, 9.17) is 15.2 Å². The first-order valence-corrected chi connectivity index (χ1v) is 7.11. The standard InChI is InChI=1S/C15H23N3O3/c1-20-12-4-3-7-18(9-12)10-15(19)17-13-6-5-11(16)8-14(13)21-2/h5-6,8,12H,3-4,7,9-10,16H2,1-2H3,(H,17,19). The first kappa shape index (κ1) is 15.6. The predicted molar refractivity (Wildman–Crippen MR) is 82.5 cm³/mol. The van der Waals surface area contributed by atoms with Gasteiger partial charge in [0.15, 0.2) is 0 Å². The van der Waals surface area contributed by atoms with Crippen LogP contribution in [0.1, 0.15) is 12.8 Å². The Labute approximate surface area is 125 Å². The molecule has 0 aliphatic carbocycles. The molecule has 6 nitrogen and oxygen atoms in total. The molecule has 1 aromatic carbocycles. The number of nitrogens with one attached hydrogen (secondary N) is 1. The van der Waals surface area contributed by atoms with Gasteiger partial charge in [-0.3, -0.25) is 9.69 Å². The normalized spacial score (nSPS) is 19.2. The van der Waals surface area contributed by atoms with E-state index >= 15 is 0 Å². The molecular weight excluding hydrogens is 270 g/mol. The van der Waals surface area contributed by atoms with E-state index in [9.17, 15) is 4.79 Å². The van der Waals surface area contributed by atoms with Crippen molar-refractivity contribution in [1.29, 1.82) is 0 Å². The van der Waals surface area contributed by atoms with E-state index in [0.717, 1.165) is 25.9 Å². The molecule has 1 saturated heterocycles. The quantitative estimate of drug-likeness (QED) is 0.801. The number of ether oxygens (including phenoxy) is 2. The van der Waals surface area contributed by atoms with Crippen LogP contribution in [0.4, 0.5) is 11.4 Å². The Morgan fingerprint density at radius 2 is 2.29 bits per heavy atom. The molecule has 0 spiro atoms. The fraction of sp³-hybridized carbons (Fsp3) is 0.533. The third-order valence-electron chi connectivity index (χ3n) is 3.66. The number of nitrogens with two attached hydrogens (primary N) is 1. The van der Waals surface area contributed by atoms with Crippen molar-refractivity contribution in [3.05, 3.63) is 18.2 Å². The summed E-state index contributed by atoms with van der Waals surface area (Å²) < 4.78 is 10.6. The zero-order valence-corrected chi connectivity index (χ0v) is 12.6. The van der Waals surface area contributed by atoms with Crippen molar-refractivity contribution in [2.75, 3.05) is 44.9 Å². The summed E-state index contributed by atoms with van der Waals surface area (Å²) in [7, 11) is 3.27. The second-order valence-corrected chi connectivity index (χ2v) is 5.24. The van der Waals surface area contributed by atoms with Crippen molar-refractivity contribution < 1.29 is 14.3 Å². The smallest absolute Gasteiger partial charge is 0.238 e. The number of amides is 1. The van der Waals surface area contributed by atoms with Gasteiger partial charge in [0.25, 0.3) is 0 Å². The van der Waals surface area contributed by atoms with Gasteiger partial charge in [-0.2, -0.15) is 0 Å². The van der Waals surface area contributed by atoms with Gasteiger partial charge in [-0.05, 0) is 31.5 Å². The van der Waals surface area contributed by atoms with E-state index in [1.165, 1.54) is 0 Å². The number of methoxy groups -OCH3 is 2. The summed E-state index contributed by atoms with van der Waals surface area (Å²) in [6, 6.07) is 5.18. The van der Waals surface area contributed by atoms with Crippen LogP contribution >= 0.6 is 0 Å². The average molecular weight is 293 g/mol. The average Bonchev–Trinajstić information content (AvgIpc) is 2.49. The molecule has 1 unspecified atom stereocenters. The molecule has 1 aromatic rings. The van der Waals surface area contributed by atoms with Crippen LogP contribution in [0.3, 0.4) is 0 Å². The molecule has 1 fully saturated rings. The van der Waals surface area contributed by atoms with Crippen LogP contribution in [0.15, 0.2) is 18.2 Å². The van der Waals surface area contributed by atoms with E-state index < -0.39 is 0 Å². The SMILES string of the molecule is COc1cc(N)ccc1NC(=O)CN1CCCC(OC)C1. The van der Waals surface area contributed by atoms with Gasteiger partial charge in [-0.15, -0.1) is 0 Å². The van der Waals surface area contributed by atoms with Crippen LogP contribution in [0, 0.1) is 0 Å². The summed E-state index contributed by atoms with van der Waals surface area (Å²) in [5.74, 6) is 0.506. The van der Waals surface area contributed by atoms with Gasteiger partial charge in [0.05, 0.1) is 25.4 Å². The molecule has 1 atom stereocenters.